The molecule has 2 aromatic carbocycles. The first kappa shape index (κ1) is 9.52. The van der Waals surface area contributed by atoms with Crippen molar-refractivity contribution < 1.29 is 9.53 Å². The second-order valence-electron chi connectivity index (χ2n) is 3.26. The van der Waals surface area contributed by atoms with Crippen molar-refractivity contribution in [3.63, 3.8) is 0 Å². The molecular weight excluding hydrogens is 190 g/mol. The smallest absolute Gasteiger partial charge is 0.248 e. The largest absolute Gasteiger partial charge is 0.496 e. The fraction of sp³-hybridized carbons (Fsp3) is 0.0833. The Morgan fingerprint density at radius 3 is 2.67 bits per heavy atom. The third-order valence-electron chi connectivity index (χ3n) is 2.33. The molecule has 76 valence electrons. The van der Waals surface area contributed by atoms with Crippen molar-refractivity contribution in [1.82, 2.24) is 0 Å². The second kappa shape index (κ2) is 3.61. The van der Waals surface area contributed by atoms with E-state index >= 15 is 0 Å². The minimum Gasteiger partial charge on any atom is -0.496 e. The van der Waals surface area contributed by atoms with Gasteiger partial charge in [0.2, 0.25) is 5.91 Å². The lowest BCUT2D eigenvalue weighted by atomic mass is 10.1. The maximum Gasteiger partial charge on any atom is 0.248 e. The van der Waals surface area contributed by atoms with Crippen molar-refractivity contribution in [3.05, 3.63) is 42.0 Å². The molecule has 1 amide bonds. The van der Waals surface area contributed by atoms with E-state index in [1.54, 1.807) is 19.2 Å². The van der Waals surface area contributed by atoms with Gasteiger partial charge in [-0.25, -0.2) is 0 Å². The Hall–Kier alpha value is -2.03. The molecule has 2 rings (SSSR count). The summed E-state index contributed by atoms with van der Waals surface area (Å²) < 4.78 is 5.21. The molecule has 2 N–H and O–H groups in total. The normalized spacial score (nSPS) is 10.2. The molecule has 0 aliphatic carbocycles. The number of carbonyl (C=O) groups is 1. The van der Waals surface area contributed by atoms with Gasteiger partial charge in [0.1, 0.15) is 5.75 Å². The van der Waals surface area contributed by atoms with Crippen molar-refractivity contribution in [2.75, 3.05) is 7.11 Å². The van der Waals surface area contributed by atoms with Gasteiger partial charge in [-0.3, -0.25) is 4.79 Å². The van der Waals surface area contributed by atoms with Gasteiger partial charge in [0.15, 0.2) is 0 Å². The summed E-state index contributed by atoms with van der Waals surface area (Å²) in [6, 6.07) is 11.1. The van der Waals surface area contributed by atoms with Gasteiger partial charge in [0, 0.05) is 10.9 Å². The second-order valence-corrected chi connectivity index (χ2v) is 3.26. The minimum atomic E-state index is -0.445. The van der Waals surface area contributed by atoms with Crippen molar-refractivity contribution in [2.45, 2.75) is 0 Å². The van der Waals surface area contributed by atoms with Crippen LogP contribution >= 0.6 is 0 Å². The molecule has 0 saturated heterocycles. The van der Waals surface area contributed by atoms with Crippen molar-refractivity contribution in [2.24, 2.45) is 5.73 Å². The number of carbonyl (C=O) groups excluding carboxylic acids is 1. The van der Waals surface area contributed by atoms with Crippen molar-refractivity contribution in [1.29, 1.82) is 0 Å². The Labute approximate surface area is 87.5 Å². The minimum absolute atomic E-state index is 0.445. The standard InChI is InChI=1S/C12H11NO2/c1-15-11-7-9(12(13)14)6-8-4-2-3-5-10(8)11/h2-7H,1H3,(H2,13,14). The van der Waals surface area contributed by atoms with Gasteiger partial charge in [-0.2, -0.15) is 0 Å². The quantitative estimate of drug-likeness (QED) is 0.807. The first-order chi connectivity index (χ1) is 7.22. The summed E-state index contributed by atoms with van der Waals surface area (Å²) in [5.74, 6) is 0.223. The zero-order valence-electron chi connectivity index (χ0n) is 8.36. The van der Waals surface area contributed by atoms with Crippen LogP contribution < -0.4 is 10.5 Å². The lowest BCUT2D eigenvalue weighted by molar-refractivity contribution is 0.1000. The Morgan fingerprint density at radius 2 is 2.00 bits per heavy atom. The van der Waals surface area contributed by atoms with Crippen LogP contribution in [-0.2, 0) is 0 Å². The predicted molar refractivity (Wildman–Crippen MR) is 59.0 cm³/mol. The van der Waals surface area contributed by atoms with E-state index in [0.29, 0.717) is 11.3 Å². The fourth-order valence-corrected chi connectivity index (χ4v) is 1.59. The molecule has 0 spiro atoms. The average molecular weight is 201 g/mol. The number of rotatable bonds is 2. The first-order valence-electron chi connectivity index (χ1n) is 4.59. The van der Waals surface area contributed by atoms with Crippen LogP contribution in [0.1, 0.15) is 10.4 Å². The van der Waals surface area contributed by atoms with E-state index in [4.69, 9.17) is 10.5 Å². The van der Waals surface area contributed by atoms with Gasteiger partial charge in [0.25, 0.3) is 0 Å². The molecule has 0 unspecified atom stereocenters. The molecule has 0 aliphatic heterocycles. The maximum absolute atomic E-state index is 11.1. The van der Waals surface area contributed by atoms with Crippen LogP contribution in [0, 0.1) is 0 Å². The van der Waals surface area contributed by atoms with Gasteiger partial charge in [-0.15, -0.1) is 0 Å². The molecule has 0 atom stereocenters. The molecule has 0 fully saturated rings. The average Bonchev–Trinajstić information content (AvgIpc) is 2.27. The number of methoxy groups -OCH3 is 1. The Kier molecular flexibility index (Phi) is 2.29. The lowest BCUT2D eigenvalue weighted by Crippen LogP contribution is -2.10. The summed E-state index contributed by atoms with van der Waals surface area (Å²) >= 11 is 0. The number of primary amides is 1. The van der Waals surface area contributed by atoms with Gasteiger partial charge in [-0.1, -0.05) is 24.3 Å². The van der Waals surface area contributed by atoms with Gasteiger partial charge >= 0.3 is 0 Å². The lowest BCUT2D eigenvalue weighted by Gasteiger charge is -2.07. The van der Waals surface area contributed by atoms with E-state index in [0.717, 1.165) is 10.8 Å². The number of hydrogen-bond acceptors (Lipinski definition) is 2. The third-order valence-corrected chi connectivity index (χ3v) is 2.33. The number of amides is 1. The number of ether oxygens (including phenoxy) is 1. The summed E-state index contributed by atoms with van der Waals surface area (Å²) in [5, 5.41) is 1.93. The van der Waals surface area contributed by atoms with Gasteiger partial charge in [0.05, 0.1) is 7.11 Å². The molecular formula is C12H11NO2. The van der Waals surface area contributed by atoms with Crippen molar-refractivity contribution >= 4 is 16.7 Å². The molecule has 15 heavy (non-hydrogen) atoms. The Bertz CT molecular complexity index is 520. The van der Waals surface area contributed by atoms with E-state index < -0.39 is 5.91 Å². The van der Waals surface area contributed by atoms with Gasteiger partial charge < -0.3 is 10.5 Å². The molecule has 0 aliphatic rings. The van der Waals surface area contributed by atoms with Crippen LogP contribution in [0.25, 0.3) is 10.8 Å². The summed E-state index contributed by atoms with van der Waals surface area (Å²) in [6.07, 6.45) is 0. The Balaban J connectivity index is 2.77. The highest BCUT2D eigenvalue weighted by Crippen LogP contribution is 2.26. The van der Waals surface area contributed by atoms with Crippen LogP contribution in [0.5, 0.6) is 5.75 Å². The summed E-state index contributed by atoms with van der Waals surface area (Å²) in [7, 11) is 1.58. The highest BCUT2D eigenvalue weighted by atomic mass is 16.5. The summed E-state index contributed by atoms with van der Waals surface area (Å²) in [4.78, 5) is 11.1. The highest BCUT2D eigenvalue weighted by Gasteiger charge is 2.07. The van der Waals surface area contributed by atoms with Gasteiger partial charge in [-0.05, 0) is 17.5 Å². The molecule has 0 heterocycles. The topological polar surface area (TPSA) is 52.3 Å². The van der Waals surface area contributed by atoms with E-state index in [1.165, 1.54) is 0 Å². The van der Waals surface area contributed by atoms with Crippen molar-refractivity contribution in [3.8, 4) is 5.75 Å². The number of benzene rings is 2. The molecule has 3 heteroatoms. The van der Waals surface area contributed by atoms with Crippen LogP contribution in [0.4, 0.5) is 0 Å². The van der Waals surface area contributed by atoms with E-state index in [2.05, 4.69) is 0 Å². The number of fused-ring (bicyclic) bond motifs is 1. The number of hydrogen-bond donors (Lipinski definition) is 1. The van der Waals surface area contributed by atoms with E-state index in [1.807, 2.05) is 24.3 Å². The molecule has 2 aromatic rings. The van der Waals surface area contributed by atoms with E-state index in [-0.39, 0.29) is 0 Å². The molecule has 3 nitrogen and oxygen atoms in total. The predicted octanol–water partition coefficient (Wildman–Crippen LogP) is 1.95. The zero-order chi connectivity index (χ0) is 10.8. The molecule has 0 saturated carbocycles. The van der Waals surface area contributed by atoms with Crippen LogP contribution in [0.2, 0.25) is 0 Å². The zero-order valence-corrected chi connectivity index (χ0v) is 8.36. The molecule has 0 aromatic heterocycles. The Morgan fingerprint density at radius 1 is 1.27 bits per heavy atom. The fourth-order valence-electron chi connectivity index (χ4n) is 1.59. The van der Waals surface area contributed by atoms with Crippen LogP contribution in [-0.4, -0.2) is 13.0 Å². The maximum atomic E-state index is 11.1. The highest BCUT2D eigenvalue weighted by molar-refractivity contribution is 6.00. The molecule has 0 radical (unpaired) electrons. The monoisotopic (exact) mass is 201 g/mol. The van der Waals surface area contributed by atoms with Crippen LogP contribution in [0.3, 0.4) is 0 Å². The third kappa shape index (κ3) is 1.64. The van der Waals surface area contributed by atoms with E-state index in [9.17, 15) is 4.79 Å². The first-order valence-corrected chi connectivity index (χ1v) is 4.59. The number of nitrogens with two attached hydrogens (primary N) is 1. The summed E-state index contributed by atoms with van der Waals surface area (Å²) in [5.41, 5.74) is 5.70. The molecule has 0 bridgehead atoms. The SMILES string of the molecule is COc1cc(C(N)=O)cc2ccccc12. The summed E-state index contributed by atoms with van der Waals surface area (Å²) in [6.45, 7) is 0. The van der Waals surface area contributed by atoms with Crippen LogP contribution in [0.15, 0.2) is 36.4 Å².